The molecular formula is C14H20ClN3O2. The number of rotatable bonds is 4. The lowest BCUT2D eigenvalue weighted by molar-refractivity contribution is 0.0867. The van der Waals surface area contributed by atoms with Crippen LogP contribution in [0.1, 0.15) is 43.0 Å². The summed E-state index contributed by atoms with van der Waals surface area (Å²) in [5.41, 5.74) is 0.461. The maximum absolute atomic E-state index is 12.1. The molecule has 0 saturated heterocycles. The molecule has 110 valence electrons. The van der Waals surface area contributed by atoms with E-state index < -0.39 is 0 Å². The summed E-state index contributed by atoms with van der Waals surface area (Å²) >= 11 is 6.08. The molecule has 1 aromatic heterocycles. The van der Waals surface area contributed by atoms with Crippen molar-refractivity contribution in [3.05, 3.63) is 22.8 Å². The minimum absolute atomic E-state index is 0.123. The van der Waals surface area contributed by atoms with E-state index in [0.717, 1.165) is 32.2 Å². The Morgan fingerprint density at radius 1 is 1.45 bits per heavy atom. The van der Waals surface area contributed by atoms with Crippen LogP contribution in [0.3, 0.4) is 0 Å². The number of nitrogens with zero attached hydrogens (tertiary/aromatic N) is 1. The molecule has 1 aromatic rings. The number of nitrogens with one attached hydrogen (secondary N) is 2. The van der Waals surface area contributed by atoms with E-state index in [0.29, 0.717) is 16.4 Å². The van der Waals surface area contributed by atoms with E-state index in [1.54, 1.807) is 6.07 Å². The largest absolute Gasteiger partial charge is 0.393 e. The number of halogens is 1. The van der Waals surface area contributed by atoms with Crippen molar-refractivity contribution in [1.82, 2.24) is 10.3 Å². The van der Waals surface area contributed by atoms with E-state index in [4.69, 9.17) is 11.6 Å². The third-order valence-electron chi connectivity index (χ3n) is 3.48. The van der Waals surface area contributed by atoms with Crippen LogP contribution in [0.15, 0.2) is 12.3 Å². The first-order chi connectivity index (χ1) is 9.60. The van der Waals surface area contributed by atoms with Gasteiger partial charge in [-0.2, -0.15) is 0 Å². The second kappa shape index (κ2) is 6.90. The molecule has 1 saturated carbocycles. The number of aromatic nitrogens is 1. The summed E-state index contributed by atoms with van der Waals surface area (Å²) in [6, 6.07) is 1.75. The predicted octanol–water partition coefficient (Wildman–Crippen LogP) is 2.20. The Labute approximate surface area is 123 Å². The molecule has 6 heteroatoms. The third-order valence-corrected chi connectivity index (χ3v) is 3.77. The second-order valence-corrected chi connectivity index (χ2v) is 5.47. The van der Waals surface area contributed by atoms with E-state index in [1.807, 2.05) is 6.92 Å². The number of aliphatic hydroxyl groups is 1. The Hall–Kier alpha value is -1.33. The summed E-state index contributed by atoms with van der Waals surface area (Å²) in [4.78, 5) is 16.3. The first kappa shape index (κ1) is 15.1. The molecule has 0 aromatic carbocycles. The van der Waals surface area contributed by atoms with Crippen molar-refractivity contribution in [2.45, 2.75) is 44.8 Å². The topological polar surface area (TPSA) is 74.2 Å². The van der Waals surface area contributed by atoms with Crippen LogP contribution in [-0.4, -0.2) is 34.7 Å². The Morgan fingerprint density at radius 2 is 2.15 bits per heavy atom. The maximum Gasteiger partial charge on any atom is 0.253 e. The summed E-state index contributed by atoms with van der Waals surface area (Å²) in [6.45, 7) is 2.68. The van der Waals surface area contributed by atoms with Crippen LogP contribution < -0.4 is 10.6 Å². The van der Waals surface area contributed by atoms with Crippen LogP contribution in [0.4, 0.5) is 5.82 Å². The van der Waals surface area contributed by atoms with Gasteiger partial charge in [-0.15, -0.1) is 0 Å². The smallest absolute Gasteiger partial charge is 0.253 e. The van der Waals surface area contributed by atoms with Crippen LogP contribution in [0, 0.1) is 0 Å². The molecule has 1 aliphatic carbocycles. The highest BCUT2D eigenvalue weighted by molar-refractivity contribution is 6.33. The standard InChI is InChI=1S/C14H20ClN3O2/c1-2-16-13-12(15)7-9(8-17-13)14(20)18-10-3-5-11(19)6-4-10/h7-8,10-11,19H,2-6H2,1H3,(H,16,17)(H,18,20). The van der Waals surface area contributed by atoms with Crippen molar-refractivity contribution in [2.24, 2.45) is 0 Å². The minimum atomic E-state index is -0.223. The summed E-state index contributed by atoms with van der Waals surface area (Å²) in [5, 5.41) is 15.9. The van der Waals surface area contributed by atoms with Crippen LogP contribution in [0.5, 0.6) is 0 Å². The van der Waals surface area contributed by atoms with Gasteiger partial charge in [0.05, 0.1) is 16.7 Å². The summed E-state index contributed by atoms with van der Waals surface area (Å²) in [5.74, 6) is 0.426. The predicted molar refractivity (Wildman–Crippen MR) is 79.1 cm³/mol. The second-order valence-electron chi connectivity index (χ2n) is 5.06. The number of carbonyl (C=O) groups excluding carboxylic acids is 1. The Morgan fingerprint density at radius 3 is 2.75 bits per heavy atom. The Balaban J connectivity index is 1.97. The zero-order valence-corrected chi connectivity index (χ0v) is 12.3. The Bertz CT molecular complexity index is 473. The lowest BCUT2D eigenvalue weighted by atomic mass is 9.93. The van der Waals surface area contributed by atoms with E-state index in [2.05, 4.69) is 15.6 Å². The van der Waals surface area contributed by atoms with Crippen molar-refractivity contribution in [1.29, 1.82) is 0 Å². The van der Waals surface area contributed by atoms with Gasteiger partial charge in [0.2, 0.25) is 0 Å². The number of anilines is 1. The van der Waals surface area contributed by atoms with Crippen LogP contribution >= 0.6 is 11.6 Å². The normalized spacial score (nSPS) is 22.4. The molecule has 1 amide bonds. The summed E-state index contributed by atoms with van der Waals surface area (Å²) < 4.78 is 0. The van der Waals surface area contributed by atoms with Gasteiger partial charge in [0.1, 0.15) is 5.82 Å². The molecule has 0 unspecified atom stereocenters. The fourth-order valence-corrected chi connectivity index (χ4v) is 2.58. The third kappa shape index (κ3) is 3.84. The molecule has 2 rings (SSSR count). The number of hydrogen-bond acceptors (Lipinski definition) is 4. The van der Waals surface area contributed by atoms with Gasteiger partial charge in [0.15, 0.2) is 0 Å². The molecule has 3 N–H and O–H groups in total. The lowest BCUT2D eigenvalue weighted by Gasteiger charge is -2.26. The van der Waals surface area contributed by atoms with Gasteiger partial charge in [-0.1, -0.05) is 11.6 Å². The van der Waals surface area contributed by atoms with E-state index in [1.165, 1.54) is 6.20 Å². The number of pyridine rings is 1. The molecule has 0 radical (unpaired) electrons. The van der Waals surface area contributed by atoms with Crippen molar-refractivity contribution in [3.63, 3.8) is 0 Å². The van der Waals surface area contributed by atoms with E-state index in [9.17, 15) is 9.90 Å². The van der Waals surface area contributed by atoms with Crippen molar-refractivity contribution in [3.8, 4) is 0 Å². The van der Waals surface area contributed by atoms with E-state index in [-0.39, 0.29) is 18.1 Å². The molecule has 0 atom stereocenters. The molecule has 0 spiro atoms. The highest BCUT2D eigenvalue weighted by Gasteiger charge is 2.21. The first-order valence-electron chi connectivity index (χ1n) is 6.98. The molecule has 1 heterocycles. The zero-order chi connectivity index (χ0) is 14.5. The Kier molecular flexibility index (Phi) is 5.20. The van der Waals surface area contributed by atoms with Gasteiger partial charge in [0.25, 0.3) is 5.91 Å². The quantitative estimate of drug-likeness (QED) is 0.796. The fraction of sp³-hybridized carbons (Fsp3) is 0.571. The van der Waals surface area contributed by atoms with Crippen molar-refractivity contribution in [2.75, 3.05) is 11.9 Å². The van der Waals surface area contributed by atoms with Gasteiger partial charge in [-0.25, -0.2) is 4.98 Å². The number of hydrogen-bond donors (Lipinski definition) is 3. The highest BCUT2D eigenvalue weighted by Crippen LogP contribution is 2.21. The van der Waals surface area contributed by atoms with Crippen molar-refractivity contribution < 1.29 is 9.90 Å². The fourth-order valence-electron chi connectivity index (χ4n) is 2.35. The van der Waals surface area contributed by atoms with E-state index >= 15 is 0 Å². The lowest BCUT2D eigenvalue weighted by Crippen LogP contribution is -2.38. The van der Waals surface area contributed by atoms with Gasteiger partial charge < -0.3 is 15.7 Å². The number of aliphatic hydroxyl groups excluding tert-OH is 1. The zero-order valence-electron chi connectivity index (χ0n) is 11.5. The monoisotopic (exact) mass is 297 g/mol. The average molecular weight is 298 g/mol. The molecular weight excluding hydrogens is 278 g/mol. The SMILES string of the molecule is CCNc1ncc(C(=O)NC2CCC(O)CC2)cc1Cl. The van der Waals surface area contributed by atoms with Crippen LogP contribution in [-0.2, 0) is 0 Å². The van der Waals surface area contributed by atoms with Crippen LogP contribution in [0.2, 0.25) is 5.02 Å². The molecule has 5 nitrogen and oxygen atoms in total. The van der Waals surface area contributed by atoms with Gasteiger partial charge in [0, 0.05) is 18.8 Å². The molecule has 1 aliphatic rings. The first-order valence-corrected chi connectivity index (χ1v) is 7.36. The van der Waals surface area contributed by atoms with Crippen molar-refractivity contribution >= 4 is 23.3 Å². The molecule has 0 aliphatic heterocycles. The van der Waals surface area contributed by atoms with Gasteiger partial charge in [-0.05, 0) is 38.7 Å². The van der Waals surface area contributed by atoms with Gasteiger partial charge in [-0.3, -0.25) is 4.79 Å². The molecule has 1 fully saturated rings. The minimum Gasteiger partial charge on any atom is -0.393 e. The summed E-state index contributed by atoms with van der Waals surface area (Å²) in [6.07, 6.45) is 4.40. The van der Waals surface area contributed by atoms with Crippen LogP contribution in [0.25, 0.3) is 0 Å². The molecule has 20 heavy (non-hydrogen) atoms. The summed E-state index contributed by atoms with van der Waals surface area (Å²) in [7, 11) is 0. The van der Waals surface area contributed by atoms with Gasteiger partial charge >= 0.3 is 0 Å². The maximum atomic E-state index is 12.1. The average Bonchev–Trinajstić information content (AvgIpc) is 2.44. The molecule has 0 bridgehead atoms. The highest BCUT2D eigenvalue weighted by atomic mass is 35.5. The number of carbonyl (C=O) groups is 1. The number of amides is 1.